The van der Waals surface area contributed by atoms with Crippen LogP contribution in [0.4, 0.5) is 0 Å². The van der Waals surface area contributed by atoms with Crippen LogP contribution in [0.3, 0.4) is 0 Å². The van der Waals surface area contributed by atoms with Crippen molar-refractivity contribution in [3.63, 3.8) is 0 Å². The van der Waals surface area contributed by atoms with Gasteiger partial charge < -0.3 is 9.64 Å². The van der Waals surface area contributed by atoms with E-state index >= 15 is 0 Å². The molecule has 1 aromatic carbocycles. The monoisotopic (exact) mass is 306 g/mol. The molecule has 0 aliphatic carbocycles. The molecule has 0 aromatic heterocycles. The van der Waals surface area contributed by atoms with Gasteiger partial charge in [0.15, 0.2) is 0 Å². The van der Waals surface area contributed by atoms with Crippen molar-refractivity contribution in [2.24, 2.45) is 0 Å². The first-order valence-electron chi connectivity index (χ1n) is 8.04. The van der Waals surface area contributed by atoms with E-state index in [0.29, 0.717) is 19.4 Å². The molecule has 0 atom stereocenters. The van der Waals surface area contributed by atoms with E-state index in [0.717, 1.165) is 30.9 Å². The Morgan fingerprint density at radius 2 is 2.09 bits per heavy atom. The van der Waals surface area contributed by atoms with Gasteiger partial charge in [-0.25, -0.2) is 5.48 Å². The maximum Gasteiger partial charge on any atom is 0.243 e. The Balaban J connectivity index is 1.57. The standard InChI is InChI=1S/C17H26N2O3/c1-21-16-7-5-6-15(14-16)8-9-17(20)18-22-13-12-19-10-3-2-4-11-19/h5-7,14H,2-4,8-13H2,1H3,(H,18,20). The van der Waals surface area contributed by atoms with E-state index in [4.69, 9.17) is 9.57 Å². The minimum atomic E-state index is -0.0820. The van der Waals surface area contributed by atoms with Crippen LogP contribution in [0.25, 0.3) is 0 Å². The lowest BCUT2D eigenvalue weighted by Crippen LogP contribution is -2.35. The van der Waals surface area contributed by atoms with Crippen molar-refractivity contribution in [3.8, 4) is 5.75 Å². The molecule has 122 valence electrons. The molecule has 1 aliphatic rings. The molecule has 5 nitrogen and oxygen atoms in total. The summed E-state index contributed by atoms with van der Waals surface area (Å²) in [4.78, 5) is 19.4. The number of likely N-dealkylation sites (tertiary alicyclic amines) is 1. The molecule has 1 N–H and O–H groups in total. The number of hydroxylamine groups is 1. The average molecular weight is 306 g/mol. The summed E-state index contributed by atoms with van der Waals surface area (Å²) in [5, 5.41) is 0. The molecule has 1 saturated heterocycles. The predicted molar refractivity (Wildman–Crippen MR) is 85.7 cm³/mol. The van der Waals surface area contributed by atoms with Gasteiger partial charge in [0.2, 0.25) is 5.91 Å². The Morgan fingerprint density at radius 3 is 2.86 bits per heavy atom. The Labute approximate surface area is 132 Å². The number of nitrogens with one attached hydrogen (secondary N) is 1. The Hall–Kier alpha value is -1.59. The Kier molecular flexibility index (Phi) is 7.19. The van der Waals surface area contributed by atoms with Crippen LogP contribution in [0.15, 0.2) is 24.3 Å². The normalized spacial score (nSPS) is 15.5. The van der Waals surface area contributed by atoms with Crippen LogP contribution < -0.4 is 10.2 Å². The molecule has 1 fully saturated rings. The zero-order chi connectivity index (χ0) is 15.6. The largest absolute Gasteiger partial charge is 0.497 e. The van der Waals surface area contributed by atoms with Crippen LogP contribution in [-0.2, 0) is 16.1 Å². The number of benzene rings is 1. The summed E-state index contributed by atoms with van der Waals surface area (Å²) in [6.45, 7) is 3.72. The number of hydrogen-bond acceptors (Lipinski definition) is 4. The number of amides is 1. The molecule has 1 aromatic rings. The van der Waals surface area contributed by atoms with Crippen LogP contribution >= 0.6 is 0 Å². The van der Waals surface area contributed by atoms with Crippen molar-refractivity contribution in [3.05, 3.63) is 29.8 Å². The topological polar surface area (TPSA) is 50.8 Å². The van der Waals surface area contributed by atoms with Crippen molar-refractivity contribution in [2.45, 2.75) is 32.1 Å². The lowest BCUT2D eigenvalue weighted by molar-refractivity contribution is -0.133. The summed E-state index contributed by atoms with van der Waals surface area (Å²) < 4.78 is 5.17. The van der Waals surface area contributed by atoms with Crippen LogP contribution in [0, 0.1) is 0 Å². The van der Waals surface area contributed by atoms with Crippen LogP contribution in [-0.4, -0.2) is 44.2 Å². The summed E-state index contributed by atoms with van der Waals surface area (Å²) in [5.74, 6) is 0.733. The molecule has 1 heterocycles. The number of ether oxygens (including phenoxy) is 1. The van der Waals surface area contributed by atoms with Crippen molar-refractivity contribution in [1.82, 2.24) is 10.4 Å². The fourth-order valence-electron chi connectivity index (χ4n) is 2.63. The van der Waals surface area contributed by atoms with E-state index in [1.54, 1.807) is 7.11 Å². The summed E-state index contributed by atoms with van der Waals surface area (Å²) in [6.07, 6.45) is 4.97. The molecule has 1 amide bonds. The smallest absolute Gasteiger partial charge is 0.243 e. The van der Waals surface area contributed by atoms with Gasteiger partial charge in [-0.15, -0.1) is 0 Å². The van der Waals surface area contributed by atoms with E-state index in [-0.39, 0.29) is 5.91 Å². The molecule has 1 aliphatic heterocycles. The van der Waals surface area contributed by atoms with Gasteiger partial charge in [0.25, 0.3) is 0 Å². The van der Waals surface area contributed by atoms with E-state index in [1.807, 2.05) is 24.3 Å². The number of carbonyl (C=O) groups is 1. The number of piperidine rings is 1. The van der Waals surface area contributed by atoms with E-state index in [2.05, 4.69) is 10.4 Å². The molecule has 2 rings (SSSR count). The van der Waals surface area contributed by atoms with Gasteiger partial charge >= 0.3 is 0 Å². The van der Waals surface area contributed by atoms with E-state index < -0.39 is 0 Å². The SMILES string of the molecule is COc1cccc(CCC(=O)NOCCN2CCCCC2)c1. The third-order valence-electron chi connectivity index (χ3n) is 3.92. The van der Waals surface area contributed by atoms with E-state index in [1.165, 1.54) is 19.3 Å². The minimum Gasteiger partial charge on any atom is -0.497 e. The van der Waals surface area contributed by atoms with Crippen LogP contribution in [0.1, 0.15) is 31.2 Å². The second-order valence-corrected chi connectivity index (χ2v) is 5.63. The summed E-state index contributed by atoms with van der Waals surface area (Å²) in [7, 11) is 1.64. The fraction of sp³-hybridized carbons (Fsp3) is 0.588. The highest BCUT2D eigenvalue weighted by molar-refractivity contribution is 5.75. The first-order valence-corrected chi connectivity index (χ1v) is 8.04. The lowest BCUT2D eigenvalue weighted by atomic mass is 10.1. The van der Waals surface area contributed by atoms with Gasteiger partial charge in [0.05, 0.1) is 13.7 Å². The molecule has 5 heteroatoms. The number of aryl methyl sites for hydroxylation is 1. The van der Waals surface area contributed by atoms with E-state index in [9.17, 15) is 4.79 Å². The molecular weight excluding hydrogens is 280 g/mol. The first-order chi connectivity index (χ1) is 10.8. The number of nitrogens with zero attached hydrogens (tertiary/aromatic N) is 1. The zero-order valence-electron chi connectivity index (χ0n) is 13.3. The molecular formula is C17H26N2O3. The second-order valence-electron chi connectivity index (χ2n) is 5.63. The predicted octanol–water partition coefficient (Wildman–Crippen LogP) is 2.16. The van der Waals surface area contributed by atoms with Crippen LogP contribution in [0.5, 0.6) is 5.75 Å². The first kappa shape index (κ1) is 16.8. The van der Waals surface area contributed by atoms with Crippen molar-refractivity contribution < 1.29 is 14.4 Å². The van der Waals surface area contributed by atoms with Gasteiger partial charge in [-0.2, -0.15) is 0 Å². The molecule has 0 unspecified atom stereocenters. The molecule has 22 heavy (non-hydrogen) atoms. The van der Waals surface area contributed by atoms with Crippen molar-refractivity contribution in [2.75, 3.05) is 33.4 Å². The summed E-state index contributed by atoms with van der Waals surface area (Å²) in [5.41, 5.74) is 3.61. The molecule has 0 bridgehead atoms. The average Bonchev–Trinajstić information content (AvgIpc) is 2.58. The number of methoxy groups -OCH3 is 1. The zero-order valence-corrected chi connectivity index (χ0v) is 13.3. The third-order valence-corrected chi connectivity index (χ3v) is 3.92. The quantitative estimate of drug-likeness (QED) is 0.591. The minimum absolute atomic E-state index is 0.0820. The highest BCUT2D eigenvalue weighted by Crippen LogP contribution is 2.13. The van der Waals surface area contributed by atoms with Gasteiger partial charge in [0, 0.05) is 13.0 Å². The van der Waals surface area contributed by atoms with Crippen molar-refractivity contribution in [1.29, 1.82) is 0 Å². The van der Waals surface area contributed by atoms with Crippen LogP contribution in [0.2, 0.25) is 0 Å². The van der Waals surface area contributed by atoms with Crippen molar-refractivity contribution >= 4 is 5.91 Å². The Morgan fingerprint density at radius 1 is 1.27 bits per heavy atom. The number of hydrogen-bond donors (Lipinski definition) is 1. The second kappa shape index (κ2) is 9.43. The van der Waals surface area contributed by atoms with Gasteiger partial charge in [-0.05, 0) is 50.0 Å². The summed E-state index contributed by atoms with van der Waals surface area (Å²) >= 11 is 0. The maximum atomic E-state index is 11.7. The number of rotatable bonds is 8. The third kappa shape index (κ3) is 6.03. The lowest BCUT2D eigenvalue weighted by Gasteiger charge is -2.25. The maximum absolute atomic E-state index is 11.7. The number of carbonyl (C=O) groups excluding carboxylic acids is 1. The highest BCUT2D eigenvalue weighted by atomic mass is 16.6. The highest BCUT2D eigenvalue weighted by Gasteiger charge is 2.09. The van der Waals surface area contributed by atoms with Gasteiger partial charge in [-0.1, -0.05) is 18.6 Å². The molecule has 0 radical (unpaired) electrons. The fourth-order valence-corrected chi connectivity index (χ4v) is 2.63. The summed E-state index contributed by atoms with van der Waals surface area (Å²) in [6, 6.07) is 7.77. The Bertz CT molecular complexity index is 459. The van der Waals surface area contributed by atoms with Gasteiger partial charge in [0.1, 0.15) is 5.75 Å². The molecule has 0 spiro atoms. The van der Waals surface area contributed by atoms with Gasteiger partial charge in [-0.3, -0.25) is 9.63 Å². The molecule has 0 saturated carbocycles.